The number of amides is 1. The minimum absolute atomic E-state index is 0.147. The molecule has 7 heteroatoms. The van der Waals surface area contributed by atoms with Crippen LogP contribution < -0.4 is 10.1 Å². The molecule has 1 aliphatic heterocycles. The first-order valence-corrected chi connectivity index (χ1v) is 12.4. The zero-order valence-electron chi connectivity index (χ0n) is 18.6. The van der Waals surface area contributed by atoms with Crippen LogP contribution in [-0.4, -0.2) is 44.4 Å². The number of nitrogens with one attached hydrogen (secondary N) is 1. The zero-order chi connectivity index (χ0) is 22.4. The molecular formula is C24H32N2O4S. The Hall–Kier alpha value is -2.38. The number of benzene rings is 2. The van der Waals surface area contributed by atoms with E-state index in [0.29, 0.717) is 25.2 Å². The number of hydrogen-bond acceptors (Lipinski definition) is 4. The van der Waals surface area contributed by atoms with E-state index in [9.17, 15) is 13.2 Å². The van der Waals surface area contributed by atoms with Crippen molar-refractivity contribution in [1.82, 2.24) is 9.62 Å². The highest BCUT2D eigenvalue weighted by molar-refractivity contribution is 7.89. The van der Waals surface area contributed by atoms with Gasteiger partial charge in [0.25, 0.3) is 5.91 Å². The summed E-state index contributed by atoms with van der Waals surface area (Å²) in [6, 6.07) is 12.8. The summed E-state index contributed by atoms with van der Waals surface area (Å²) in [5.74, 6) is 0.614. The van der Waals surface area contributed by atoms with Crippen LogP contribution in [-0.2, 0) is 16.4 Å². The van der Waals surface area contributed by atoms with Crippen molar-refractivity contribution in [3.05, 3.63) is 59.2 Å². The highest BCUT2D eigenvalue weighted by Gasteiger charge is 2.28. The van der Waals surface area contributed by atoms with Crippen LogP contribution in [0.1, 0.15) is 54.6 Å². The van der Waals surface area contributed by atoms with Crippen molar-refractivity contribution in [3.63, 3.8) is 0 Å². The van der Waals surface area contributed by atoms with Crippen LogP contribution in [0.25, 0.3) is 0 Å². The van der Waals surface area contributed by atoms with Gasteiger partial charge in [0.1, 0.15) is 5.75 Å². The molecule has 0 atom stereocenters. The number of nitrogens with zero attached hydrogens (tertiary/aromatic N) is 1. The van der Waals surface area contributed by atoms with Crippen molar-refractivity contribution in [2.45, 2.75) is 57.5 Å². The Kier molecular flexibility index (Phi) is 7.73. The maximum Gasteiger partial charge on any atom is 0.251 e. The van der Waals surface area contributed by atoms with Gasteiger partial charge in [-0.1, -0.05) is 18.2 Å². The largest absolute Gasteiger partial charge is 0.491 e. The Morgan fingerprint density at radius 2 is 1.77 bits per heavy atom. The van der Waals surface area contributed by atoms with Gasteiger partial charge >= 0.3 is 0 Å². The molecular weight excluding hydrogens is 412 g/mol. The highest BCUT2D eigenvalue weighted by Crippen LogP contribution is 2.23. The van der Waals surface area contributed by atoms with Gasteiger partial charge in [-0.25, -0.2) is 8.42 Å². The molecule has 2 aromatic rings. The highest BCUT2D eigenvalue weighted by atomic mass is 32.2. The fourth-order valence-corrected chi connectivity index (χ4v) is 5.22. The van der Waals surface area contributed by atoms with Crippen molar-refractivity contribution in [3.8, 4) is 5.75 Å². The molecule has 1 fully saturated rings. The lowest BCUT2D eigenvalue weighted by atomic mass is 10.1. The molecule has 0 bridgehead atoms. The van der Waals surface area contributed by atoms with Crippen molar-refractivity contribution in [2.75, 3.05) is 19.6 Å². The van der Waals surface area contributed by atoms with Crippen molar-refractivity contribution < 1.29 is 17.9 Å². The maximum absolute atomic E-state index is 12.8. The van der Waals surface area contributed by atoms with E-state index in [4.69, 9.17) is 4.74 Å². The van der Waals surface area contributed by atoms with Gasteiger partial charge in [-0.3, -0.25) is 4.79 Å². The first kappa shape index (κ1) is 23.3. The van der Waals surface area contributed by atoms with E-state index in [1.807, 2.05) is 45.0 Å². The third-order valence-electron chi connectivity index (χ3n) is 5.38. The average molecular weight is 445 g/mol. The van der Waals surface area contributed by atoms with E-state index < -0.39 is 10.0 Å². The molecule has 2 aromatic carbocycles. The summed E-state index contributed by atoms with van der Waals surface area (Å²) < 4.78 is 32.8. The molecule has 168 valence electrons. The van der Waals surface area contributed by atoms with Crippen LogP contribution in [0.2, 0.25) is 0 Å². The lowest BCUT2D eigenvalue weighted by Crippen LogP contribution is -2.29. The molecule has 1 heterocycles. The number of carbonyl (C=O) groups is 1. The Balaban J connectivity index is 1.55. The molecule has 3 rings (SSSR count). The van der Waals surface area contributed by atoms with E-state index in [1.165, 1.54) is 15.9 Å². The SMILES string of the molecule is Cc1ccc(S(=O)(=O)N2CCCC2)cc1C(=O)NCCCc1ccc(OC(C)C)cc1. The maximum atomic E-state index is 12.8. The molecule has 0 aliphatic carbocycles. The molecule has 6 nitrogen and oxygen atoms in total. The first-order chi connectivity index (χ1) is 14.8. The minimum atomic E-state index is -3.54. The third-order valence-corrected chi connectivity index (χ3v) is 7.27. The van der Waals surface area contributed by atoms with Crippen LogP contribution in [0.15, 0.2) is 47.4 Å². The van der Waals surface area contributed by atoms with Crippen molar-refractivity contribution >= 4 is 15.9 Å². The van der Waals surface area contributed by atoms with Gasteiger partial charge in [0.15, 0.2) is 0 Å². The number of sulfonamides is 1. The summed E-state index contributed by atoms with van der Waals surface area (Å²) in [6.45, 7) is 7.42. The van der Waals surface area contributed by atoms with Gasteiger partial charge in [-0.15, -0.1) is 0 Å². The normalized spacial score (nSPS) is 14.7. The second-order valence-electron chi connectivity index (χ2n) is 8.26. The van der Waals surface area contributed by atoms with Gasteiger partial charge in [-0.05, 0) is 81.8 Å². The fraction of sp³-hybridized carbons (Fsp3) is 0.458. The zero-order valence-corrected chi connectivity index (χ0v) is 19.4. The smallest absolute Gasteiger partial charge is 0.251 e. The van der Waals surface area contributed by atoms with Crippen molar-refractivity contribution in [2.24, 2.45) is 0 Å². The summed E-state index contributed by atoms with van der Waals surface area (Å²) in [4.78, 5) is 12.9. The quantitative estimate of drug-likeness (QED) is 0.595. The Labute approximate surface area is 185 Å². The Morgan fingerprint density at radius 3 is 2.42 bits per heavy atom. The number of ether oxygens (including phenoxy) is 1. The summed E-state index contributed by atoms with van der Waals surface area (Å²) in [5.41, 5.74) is 2.36. The van der Waals surface area contributed by atoms with Gasteiger partial charge in [-0.2, -0.15) is 4.31 Å². The average Bonchev–Trinajstić information content (AvgIpc) is 3.28. The molecule has 0 radical (unpaired) electrons. The lowest BCUT2D eigenvalue weighted by molar-refractivity contribution is 0.0952. The minimum Gasteiger partial charge on any atom is -0.491 e. The molecule has 0 unspecified atom stereocenters. The van der Waals surface area contributed by atoms with Crippen LogP contribution in [0, 0.1) is 6.92 Å². The molecule has 0 spiro atoms. The molecule has 0 aromatic heterocycles. The van der Waals surface area contributed by atoms with Crippen molar-refractivity contribution in [1.29, 1.82) is 0 Å². The summed E-state index contributed by atoms with van der Waals surface area (Å²) in [7, 11) is -3.54. The molecule has 1 N–H and O–H groups in total. The van der Waals surface area contributed by atoms with E-state index in [2.05, 4.69) is 5.32 Å². The number of hydrogen-bond donors (Lipinski definition) is 1. The standard InChI is InChI=1S/C24H32N2O4S/c1-18(2)30-21-11-9-20(10-12-21)7-6-14-25-24(27)23-17-22(13-8-19(23)3)31(28,29)26-15-4-5-16-26/h8-13,17-18H,4-7,14-16H2,1-3H3,(H,25,27). The third kappa shape index (κ3) is 6.08. The van der Waals surface area contributed by atoms with Gasteiger partial charge in [0.2, 0.25) is 10.0 Å². The van der Waals surface area contributed by atoms with Crippen LogP contribution in [0.3, 0.4) is 0 Å². The van der Waals surface area contributed by atoms with Gasteiger partial charge in [0, 0.05) is 25.2 Å². The molecule has 1 saturated heterocycles. The number of rotatable bonds is 9. The van der Waals surface area contributed by atoms with Crippen LogP contribution >= 0.6 is 0 Å². The predicted octanol–water partition coefficient (Wildman–Crippen LogP) is 3.93. The van der Waals surface area contributed by atoms with E-state index in [1.54, 1.807) is 12.1 Å². The lowest BCUT2D eigenvalue weighted by Gasteiger charge is -2.17. The van der Waals surface area contributed by atoms with E-state index in [-0.39, 0.29) is 16.9 Å². The number of carbonyl (C=O) groups excluding carboxylic acids is 1. The Bertz CT molecular complexity index is 995. The molecule has 0 saturated carbocycles. The molecule has 31 heavy (non-hydrogen) atoms. The second-order valence-corrected chi connectivity index (χ2v) is 10.2. The summed E-state index contributed by atoms with van der Waals surface area (Å²) in [6.07, 6.45) is 3.54. The Morgan fingerprint density at radius 1 is 1.10 bits per heavy atom. The van der Waals surface area contributed by atoms with Gasteiger partial charge < -0.3 is 10.1 Å². The van der Waals surface area contributed by atoms with Crippen LogP contribution in [0.4, 0.5) is 0 Å². The molecule has 1 amide bonds. The van der Waals surface area contributed by atoms with Crippen LogP contribution in [0.5, 0.6) is 5.75 Å². The monoisotopic (exact) mass is 444 g/mol. The van der Waals surface area contributed by atoms with E-state index >= 15 is 0 Å². The predicted molar refractivity (Wildman–Crippen MR) is 122 cm³/mol. The summed E-state index contributed by atoms with van der Waals surface area (Å²) in [5, 5.41) is 2.92. The second kappa shape index (κ2) is 10.3. The number of aryl methyl sites for hydroxylation is 2. The van der Waals surface area contributed by atoms with Gasteiger partial charge in [0.05, 0.1) is 11.0 Å². The summed E-state index contributed by atoms with van der Waals surface area (Å²) >= 11 is 0. The van der Waals surface area contributed by atoms with E-state index in [0.717, 1.165) is 37.0 Å². The first-order valence-electron chi connectivity index (χ1n) is 10.9. The fourth-order valence-electron chi connectivity index (χ4n) is 3.68. The molecule has 1 aliphatic rings. The topological polar surface area (TPSA) is 75.7 Å².